The lowest BCUT2D eigenvalue weighted by atomic mass is 9.89. The molecule has 82 valence electrons. The fourth-order valence-electron chi connectivity index (χ4n) is 2.75. The van der Waals surface area contributed by atoms with Crippen LogP contribution >= 0.6 is 0 Å². The van der Waals surface area contributed by atoms with Crippen molar-refractivity contribution in [1.29, 1.82) is 0 Å². The van der Waals surface area contributed by atoms with Crippen LogP contribution in [0.2, 0.25) is 0 Å². The number of piperidine rings is 1. The molecule has 2 N–H and O–H groups in total. The highest BCUT2D eigenvalue weighted by molar-refractivity contribution is 4.76. The van der Waals surface area contributed by atoms with Gasteiger partial charge in [0.25, 0.3) is 0 Å². The Hall–Kier alpha value is -0.0800. The van der Waals surface area contributed by atoms with E-state index in [1.807, 2.05) is 0 Å². The van der Waals surface area contributed by atoms with Crippen molar-refractivity contribution < 1.29 is 0 Å². The van der Waals surface area contributed by atoms with Crippen molar-refractivity contribution in [2.75, 3.05) is 19.6 Å². The zero-order valence-corrected chi connectivity index (χ0v) is 9.23. The molecule has 0 aromatic carbocycles. The summed E-state index contributed by atoms with van der Waals surface area (Å²) in [6, 6.07) is 0.804. The number of rotatable bonds is 3. The predicted octanol–water partition coefficient (Wildman–Crippen LogP) is 1.91. The molecule has 1 aliphatic carbocycles. The zero-order chi connectivity index (χ0) is 9.64. The maximum atomic E-state index is 3.75. The van der Waals surface area contributed by atoms with E-state index in [1.165, 1.54) is 64.6 Å². The van der Waals surface area contributed by atoms with Gasteiger partial charge in [0.2, 0.25) is 0 Å². The molecule has 1 saturated carbocycles. The first-order valence-corrected chi connectivity index (χ1v) is 6.39. The Bertz CT molecular complexity index is 128. The van der Waals surface area contributed by atoms with Gasteiger partial charge >= 0.3 is 0 Å². The van der Waals surface area contributed by atoms with Crippen LogP contribution in [-0.2, 0) is 0 Å². The minimum absolute atomic E-state index is 0.804. The van der Waals surface area contributed by atoms with E-state index < -0.39 is 0 Å². The molecule has 0 bridgehead atoms. The molecule has 2 heteroatoms. The summed E-state index contributed by atoms with van der Waals surface area (Å²) in [5.74, 6) is 0.985. The maximum absolute atomic E-state index is 3.75. The second kappa shape index (κ2) is 5.72. The van der Waals surface area contributed by atoms with Gasteiger partial charge in [0.05, 0.1) is 0 Å². The lowest BCUT2D eigenvalue weighted by molar-refractivity contribution is 0.305. The summed E-state index contributed by atoms with van der Waals surface area (Å²) in [6.45, 7) is 3.70. The minimum Gasteiger partial charge on any atom is -0.317 e. The first-order valence-electron chi connectivity index (χ1n) is 6.39. The monoisotopic (exact) mass is 196 g/mol. The van der Waals surface area contributed by atoms with Gasteiger partial charge in [-0.25, -0.2) is 0 Å². The van der Waals surface area contributed by atoms with E-state index in [1.54, 1.807) is 0 Å². The van der Waals surface area contributed by atoms with Gasteiger partial charge in [-0.1, -0.05) is 19.3 Å². The summed E-state index contributed by atoms with van der Waals surface area (Å²) >= 11 is 0. The van der Waals surface area contributed by atoms with Crippen molar-refractivity contribution in [3.63, 3.8) is 0 Å². The van der Waals surface area contributed by atoms with E-state index in [0.29, 0.717) is 0 Å². The Kier molecular flexibility index (Phi) is 4.26. The molecule has 1 aliphatic heterocycles. The number of nitrogens with one attached hydrogen (secondary N) is 2. The second-order valence-electron chi connectivity index (χ2n) is 4.94. The van der Waals surface area contributed by atoms with Gasteiger partial charge in [-0.3, -0.25) is 0 Å². The van der Waals surface area contributed by atoms with E-state index in [-0.39, 0.29) is 0 Å². The normalized spacial score (nSPS) is 26.6. The van der Waals surface area contributed by atoms with Crippen LogP contribution in [0, 0.1) is 5.92 Å². The highest BCUT2D eigenvalue weighted by Gasteiger charge is 2.16. The van der Waals surface area contributed by atoms with E-state index in [0.717, 1.165) is 12.0 Å². The van der Waals surface area contributed by atoms with Gasteiger partial charge < -0.3 is 10.6 Å². The maximum Gasteiger partial charge on any atom is 0.00913 e. The van der Waals surface area contributed by atoms with E-state index in [4.69, 9.17) is 0 Å². The van der Waals surface area contributed by atoms with Crippen molar-refractivity contribution in [1.82, 2.24) is 10.6 Å². The fourth-order valence-corrected chi connectivity index (χ4v) is 2.75. The van der Waals surface area contributed by atoms with Crippen LogP contribution in [0.25, 0.3) is 0 Å². The third kappa shape index (κ3) is 3.25. The first kappa shape index (κ1) is 10.4. The Labute approximate surface area is 87.8 Å². The standard InChI is InChI=1S/C12H24N2/c1-2-4-11(5-3-1)10-14-12-6-8-13-9-7-12/h11-14H,1-10H2. The molecule has 2 aliphatic rings. The smallest absolute Gasteiger partial charge is 0.00913 e. The van der Waals surface area contributed by atoms with Gasteiger partial charge in [0.15, 0.2) is 0 Å². The fraction of sp³-hybridized carbons (Fsp3) is 1.00. The quantitative estimate of drug-likeness (QED) is 0.720. The van der Waals surface area contributed by atoms with Crippen molar-refractivity contribution in [3.05, 3.63) is 0 Å². The van der Waals surface area contributed by atoms with Crippen molar-refractivity contribution in [3.8, 4) is 0 Å². The summed E-state index contributed by atoms with van der Waals surface area (Å²) in [4.78, 5) is 0. The molecule has 0 amide bonds. The zero-order valence-electron chi connectivity index (χ0n) is 9.23. The lowest BCUT2D eigenvalue weighted by Crippen LogP contribution is -2.41. The molecular weight excluding hydrogens is 172 g/mol. The highest BCUT2D eigenvalue weighted by atomic mass is 15.0. The molecule has 0 radical (unpaired) electrons. The van der Waals surface area contributed by atoms with Crippen molar-refractivity contribution in [2.24, 2.45) is 5.92 Å². The number of hydrogen-bond acceptors (Lipinski definition) is 2. The van der Waals surface area contributed by atoms with Gasteiger partial charge in [-0.15, -0.1) is 0 Å². The van der Waals surface area contributed by atoms with E-state index in [9.17, 15) is 0 Å². The Balaban J connectivity index is 1.60. The summed E-state index contributed by atoms with van der Waals surface area (Å²) in [5.41, 5.74) is 0. The van der Waals surface area contributed by atoms with E-state index in [2.05, 4.69) is 10.6 Å². The van der Waals surface area contributed by atoms with Crippen LogP contribution in [0.5, 0.6) is 0 Å². The van der Waals surface area contributed by atoms with Crippen LogP contribution in [-0.4, -0.2) is 25.7 Å². The van der Waals surface area contributed by atoms with Crippen LogP contribution in [0.3, 0.4) is 0 Å². The highest BCUT2D eigenvalue weighted by Crippen LogP contribution is 2.23. The molecular formula is C12H24N2. The van der Waals surface area contributed by atoms with Gasteiger partial charge in [0.1, 0.15) is 0 Å². The number of hydrogen-bond donors (Lipinski definition) is 2. The van der Waals surface area contributed by atoms with Gasteiger partial charge in [-0.05, 0) is 51.2 Å². The summed E-state index contributed by atoms with van der Waals surface area (Å²) in [7, 11) is 0. The molecule has 0 aromatic rings. The topological polar surface area (TPSA) is 24.1 Å². The summed E-state index contributed by atoms with van der Waals surface area (Å²) in [5, 5.41) is 7.16. The predicted molar refractivity (Wildman–Crippen MR) is 60.5 cm³/mol. The van der Waals surface area contributed by atoms with Gasteiger partial charge in [0, 0.05) is 6.04 Å². The third-order valence-corrected chi connectivity index (χ3v) is 3.76. The molecule has 14 heavy (non-hydrogen) atoms. The molecule has 1 heterocycles. The molecule has 1 saturated heterocycles. The Morgan fingerprint density at radius 2 is 1.64 bits per heavy atom. The third-order valence-electron chi connectivity index (χ3n) is 3.76. The summed E-state index contributed by atoms with van der Waals surface area (Å²) < 4.78 is 0. The van der Waals surface area contributed by atoms with E-state index >= 15 is 0 Å². The average molecular weight is 196 g/mol. The second-order valence-corrected chi connectivity index (χ2v) is 4.94. The van der Waals surface area contributed by atoms with Crippen LogP contribution < -0.4 is 10.6 Å². The molecule has 2 rings (SSSR count). The van der Waals surface area contributed by atoms with Gasteiger partial charge in [-0.2, -0.15) is 0 Å². The minimum atomic E-state index is 0.804. The molecule has 0 spiro atoms. The summed E-state index contributed by atoms with van der Waals surface area (Å²) in [6.07, 6.45) is 10.0. The SMILES string of the molecule is C1CCC(CNC2CCNCC2)CC1. The first-order chi connectivity index (χ1) is 6.95. The van der Waals surface area contributed by atoms with Crippen LogP contribution in [0.4, 0.5) is 0 Å². The molecule has 2 fully saturated rings. The van der Waals surface area contributed by atoms with Crippen LogP contribution in [0.15, 0.2) is 0 Å². The molecule has 2 nitrogen and oxygen atoms in total. The lowest BCUT2D eigenvalue weighted by Gasteiger charge is -2.28. The molecule has 0 atom stereocenters. The van der Waals surface area contributed by atoms with Crippen LogP contribution in [0.1, 0.15) is 44.9 Å². The average Bonchev–Trinajstić information content (AvgIpc) is 2.29. The Morgan fingerprint density at radius 1 is 0.929 bits per heavy atom. The molecule has 0 unspecified atom stereocenters. The largest absolute Gasteiger partial charge is 0.317 e. The van der Waals surface area contributed by atoms with Crippen molar-refractivity contribution in [2.45, 2.75) is 51.0 Å². The molecule has 0 aromatic heterocycles. The van der Waals surface area contributed by atoms with Crippen molar-refractivity contribution >= 4 is 0 Å². The Morgan fingerprint density at radius 3 is 2.36 bits per heavy atom.